The van der Waals surface area contributed by atoms with Gasteiger partial charge in [0.05, 0.1) is 0 Å². The minimum absolute atomic E-state index is 0.908. The standard InChI is InChI=1S/C54H35NOS/c1-2-10-36(11-3-1)37-20-22-38(23-21-37)39-24-30-42(31-25-39)55(43-32-26-40(27-33-43)45-14-8-16-49-47-12-4-6-18-51(47)56-53(45)49)44-34-28-41(29-35-44)46-15-9-17-50-48-13-5-7-19-52(48)57-54(46)50/h1-35H. The third-order valence-corrected chi connectivity index (χ3v) is 12.4. The number of nitrogens with zero attached hydrogens (tertiary/aromatic N) is 1. The summed E-state index contributed by atoms with van der Waals surface area (Å²) in [5.41, 5.74) is 14.6. The molecule has 3 heteroatoms. The summed E-state index contributed by atoms with van der Waals surface area (Å²) in [6.45, 7) is 0. The van der Waals surface area contributed by atoms with Crippen molar-refractivity contribution < 1.29 is 4.42 Å². The molecule has 0 fully saturated rings. The summed E-state index contributed by atoms with van der Waals surface area (Å²) in [5, 5.41) is 4.90. The van der Waals surface area contributed by atoms with Crippen LogP contribution in [0, 0.1) is 0 Å². The first kappa shape index (κ1) is 33.2. The third kappa shape index (κ3) is 5.88. The third-order valence-electron chi connectivity index (χ3n) is 11.1. The Morgan fingerprint density at radius 1 is 0.316 bits per heavy atom. The Bertz CT molecular complexity index is 3040. The molecule has 0 spiro atoms. The summed E-state index contributed by atoms with van der Waals surface area (Å²) in [6.07, 6.45) is 0. The first-order valence-corrected chi connectivity index (χ1v) is 20.1. The van der Waals surface area contributed by atoms with Gasteiger partial charge in [0.1, 0.15) is 11.2 Å². The monoisotopic (exact) mass is 745 g/mol. The number of furan rings is 1. The molecule has 2 nitrogen and oxygen atoms in total. The van der Waals surface area contributed by atoms with E-state index in [2.05, 4.69) is 205 Å². The minimum Gasteiger partial charge on any atom is -0.455 e. The molecule has 0 radical (unpaired) electrons. The molecular weight excluding hydrogens is 711 g/mol. The van der Waals surface area contributed by atoms with Crippen molar-refractivity contribution in [3.05, 3.63) is 212 Å². The van der Waals surface area contributed by atoms with E-state index in [4.69, 9.17) is 4.42 Å². The number of benzene rings is 9. The lowest BCUT2D eigenvalue weighted by Crippen LogP contribution is -2.09. The van der Waals surface area contributed by atoms with Gasteiger partial charge in [-0.05, 0) is 87.5 Å². The lowest BCUT2D eigenvalue weighted by molar-refractivity contribution is 0.670. The fraction of sp³-hybridized carbons (Fsp3) is 0. The average Bonchev–Trinajstić information content (AvgIpc) is 3.87. The maximum atomic E-state index is 6.41. The highest BCUT2D eigenvalue weighted by molar-refractivity contribution is 7.26. The highest BCUT2D eigenvalue weighted by Crippen LogP contribution is 2.43. The van der Waals surface area contributed by atoms with Crippen LogP contribution < -0.4 is 4.90 Å². The maximum absolute atomic E-state index is 6.41. The molecule has 0 aliphatic heterocycles. The van der Waals surface area contributed by atoms with Crippen LogP contribution in [-0.4, -0.2) is 0 Å². The number of anilines is 3. The Balaban J connectivity index is 0.972. The first-order chi connectivity index (χ1) is 28.2. The molecular formula is C54H35NOS. The first-order valence-electron chi connectivity index (χ1n) is 19.3. The Hall–Kier alpha value is -7.20. The SMILES string of the molecule is c1ccc(-c2ccc(-c3ccc(N(c4ccc(-c5cccc6c5oc5ccccc56)cc4)c4ccc(-c5cccc6c5sc5ccccc56)cc4)cc3)cc2)cc1. The van der Waals surface area contributed by atoms with Crippen LogP contribution in [0.25, 0.3) is 86.6 Å². The van der Waals surface area contributed by atoms with Gasteiger partial charge in [0.15, 0.2) is 0 Å². The minimum atomic E-state index is 0.908. The molecule has 0 saturated heterocycles. The van der Waals surface area contributed by atoms with Crippen LogP contribution >= 0.6 is 11.3 Å². The van der Waals surface area contributed by atoms with Crippen molar-refractivity contribution >= 4 is 70.5 Å². The van der Waals surface area contributed by atoms with Crippen molar-refractivity contribution in [3.8, 4) is 44.5 Å². The molecule has 2 heterocycles. The van der Waals surface area contributed by atoms with Gasteiger partial charge in [-0.15, -0.1) is 11.3 Å². The van der Waals surface area contributed by atoms with Gasteiger partial charge < -0.3 is 9.32 Å². The number of hydrogen-bond acceptors (Lipinski definition) is 3. The molecule has 268 valence electrons. The molecule has 11 aromatic rings. The summed E-state index contributed by atoms with van der Waals surface area (Å²) in [7, 11) is 0. The van der Waals surface area contributed by atoms with E-state index in [9.17, 15) is 0 Å². The van der Waals surface area contributed by atoms with E-state index in [1.807, 2.05) is 23.5 Å². The summed E-state index contributed by atoms with van der Waals surface area (Å²) in [6, 6.07) is 76.3. The van der Waals surface area contributed by atoms with E-state index >= 15 is 0 Å². The van der Waals surface area contributed by atoms with Gasteiger partial charge in [-0.1, -0.05) is 164 Å². The number of rotatable bonds is 7. The molecule has 0 N–H and O–H groups in total. The molecule has 57 heavy (non-hydrogen) atoms. The van der Waals surface area contributed by atoms with E-state index in [1.54, 1.807) is 0 Å². The number of hydrogen-bond donors (Lipinski definition) is 0. The molecule has 0 atom stereocenters. The highest BCUT2D eigenvalue weighted by atomic mass is 32.1. The zero-order valence-corrected chi connectivity index (χ0v) is 31.8. The zero-order chi connectivity index (χ0) is 37.7. The maximum Gasteiger partial charge on any atom is 0.143 e. The molecule has 0 unspecified atom stereocenters. The molecule has 0 bridgehead atoms. The molecule has 0 amide bonds. The van der Waals surface area contributed by atoms with Crippen LogP contribution in [0.3, 0.4) is 0 Å². The van der Waals surface area contributed by atoms with E-state index in [-0.39, 0.29) is 0 Å². The zero-order valence-electron chi connectivity index (χ0n) is 31.0. The smallest absolute Gasteiger partial charge is 0.143 e. The van der Waals surface area contributed by atoms with Crippen LogP contribution in [0.2, 0.25) is 0 Å². The van der Waals surface area contributed by atoms with Crippen LogP contribution in [0.15, 0.2) is 217 Å². The van der Waals surface area contributed by atoms with Gasteiger partial charge in [-0.3, -0.25) is 0 Å². The Kier molecular flexibility index (Phi) is 8.04. The predicted molar refractivity (Wildman–Crippen MR) is 243 cm³/mol. The van der Waals surface area contributed by atoms with Crippen molar-refractivity contribution in [2.24, 2.45) is 0 Å². The van der Waals surface area contributed by atoms with Crippen molar-refractivity contribution in [3.63, 3.8) is 0 Å². The van der Waals surface area contributed by atoms with Gasteiger partial charge in [-0.2, -0.15) is 0 Å². The van der Waals surface area contributed by atoms with Gasteiger partial charge in [0, 0.05) is 53.6 Å². The van der Waals surface area contributed by atoms with Crippen LogP contribution in [0.5, 0.6) is 0 Å². The number of para-hydroxylation sites is 2. The second kappa shape index (κ2) is 13.8. The Morgan fingerprint density at radius 3 is 1.42 bits per heavy atom. The summed E-state index contributed by atoms with van der Waals surface area (Å²) in [5.74, 6) is 0. The second-order valence-corrected chi connectivity index (χ2v) is 15.5. The molecule has 11 rings (SSSR count). The number of thiophene rings is 1. The van der Waals surface area contributed by atoms with Crippen LogP contribution in [-0.2, 0) is 0 Å². The fourth-order valence-corrected chi connectivity index (χ4v) is 9.50. The van der Waals surface area contributed by atoms with E-state index in [0.29, 0.717) is 0 Å². The summed E-state index contributed by atoms with van der Waals surface area (Å²) in [4.78, 5) is 2.34. The van der Waals surface area contributed by atoms with E-state index in [1.165, 1.54) is 53.6 Å². The van der Waals surface area contributed by atoms with Crippen LogP contribution in [0.1, 0.15) is 0 Å². The lowest BCUT2D eigenvalue weighted by atomic mass is 9.99. The second-order valence-electron chi connectivity index (χ2n) is 14.5. The molecule has 9 aromatic carbocycles. The fourth-order valence-electron chi connectivity index (χ4n) is 8.27. The van der Waals surface area contributed by atoms with Gasteiger partial charge in [0.2, 0.25) is 0 Å². The van der Waals surface area contributed by atoms with E-state index < -0.39 is 0 Å². The summed E-state index contributed by atoms with van der Waals surface area (Å²) < 4.78 is 9.06. The lowest BCUT2D eigenvalue weighted by Gasteiger charge is -2.26. The molecule has 0 aliphatic rings. The van der Waals surface area contributed by atoms with Crippen LogP contribution in [0.4, 0.5) is 17.1 Å². The average molecular weight is 746 g/mol. The quantitative estimate of drug-likeness (QED) is 0.162. The molecule has 2 aromatic heterocycles. The number of fused-ring (bicyclic) bond motifs is 6. The van der Waals surface area contributed by atoms with Gasteiger partial charge in [-0.25, -0.2) is 0 Å². The normalized spacial score (nSPS) is 11.5. The predicted octanol–water partition coefficient (Wildman–Crippen LogP) is 16.1. The largest absolute Gasteiger partial charge is 0.455 e. The van der Waals surface area contributed by atoms with E-state index in [0.717, 1.165) is 50.1 Å². The van der Waals surface area contributed by atoms with Crippen molar-refractivity contribution in [1.82, 2.24) is 0 Å². The van der Waals surface area contributed by atoms with Gasteiger partial charge in [0.25, 0.3) is 0 Å². The van der Waals surface area contributed by atoms with Crippen molar-refractivity contribution in [2.45, 2.75) is 0 Å². The molecule has 0 saturated carbocycles. The Morgan fingerprint density at radius 2 is 0.772 bits per heavy atom. The highest BCUT2D eigenvalue weighted by Gasteiger charge is 2.17. The van der Waals surface area contributed by atoms with Gasteiger partial charge >= 0.3 is 0 Å². The molecule has 0 aliphatic carbocycles. The Labute approximate surface area is 335 Å². The van der Waals surface area contributed by atoms with Crippen molar-refractivity contribution in [1.29, 1.82) is 0 Å². The van der Waals surface area contributed by atoms with Crippen molar-refractivity contribution in [2.75, 3.05) is 4.90 Å². The summed E-state index contributed by atoms with van der Waals surface area (Å²) >= 11 is 1.87. The topological polar surface area (TPSA) is 16.4 Å².